The van der Waals surface area contributed by atoms with Crippen molar-refractivity contribution < 1.29 is 13.2 Å². The fraction of sp³-hybridized carbons (Fsp3) is 0.375. The summed E-state index contributed by atoms with van der Waals surface area (Å²) < 4.78 is 27.8. The number of fused-ring (bicyclic) bond motifs is 2. The molecule has 7 nitrogen and oxygen atoms in total. The molecule has 1 N–H and O–H groups in total. The van der Waals surface area contributed by atoms with Gasteiger partial charge in [0.15, 0.2) is 0 Å². The van der Waals surface area contributed by atoms with Crippen molar-refractivity contribution in [2.75, 3.05) is 33.7 Å². The second kappa shape index (κ2) is 9.05. The normalized spacial score (nSPS) is 14.6. The summed E-state index contributed by atoms with van der Waals surface area (Å²) in [5.41, 5.74) is 4.18. The molecule has 4 rings (SSSR count). The zero-order valence-corrected chi connectivity index (χ0v) is 19.7. The van der Waals surface area contributed by atoms with E-state index in [0.717, 1.165) is 43.4 Å². The number of aromatic nitrogens is 1. The van der Waals surface area contributed by atoms with Crippen LogP contribution in [0.4, 0.5) is 0 Å². The summed E-state index contributed by atoms with van der Waals surface area (Å²) in [6.07, 6.45) is 1.95. The van der Waals surface area contributed by atoms with E-state index >= 15 is 0 Å². The van der Waals surface area contributed by atoms with E-state index in [9.17, 15) is 13.2 Å². The van der Waals surface area contributed by atoms with Crippen LogP contribution in [0.3, 0.4) is 0 Å². The average molecular weight is 455 g/mol. The van der Waals surface area contributed by atoms with Crippen molar-refractivity contribution in [3.8, 4) is 0 Å². The highest BCUT2D eigenvalue weighted by Gasteiger charge is 2.20. The Labute approximate surface area is 189 Å². The Kier molecular flexibility index (Phi) is 6.37. The van der Waals surface area contributed by atoms with Gasteiger partial charge in [0.05, 0.1) is 4.90 Å². The highest BCUT2D eigenvalue weighted by molar-refractivity contribution is 7.89. The lowest BCUT2D eigenvalue weighted by atomic mass is 10.00. The summed E-state index contributed by atoms with van der Waals surface area (Å²) in [4.78, 5) is 15.4. The second-order valence-corrected chi connectivity index (χ2v) is 10.7. The molecule has 3 aromatic rings. The van der Waals surface area contributed by atoms with Crippen molar-refractivity contribution in [3.63, 3.8) is 0 Å². The van der Waals surface area contributed by atoms with Gasteiger partial charge in [-0.3, -0.25) is 9.69 Å². The zero-order valence-electron chi connectivity index (χ0n) is 18.8. The molecule has 8 heteroatoms. The third-order valence-electron chi connectivity index (χ3n) is 6.17. The number of carbonyl (C=O) groups excluding carboxylic acids is 1. The molecule has 1 aliphatic rings. The Morgan fingerprint density at radius 3 is 2.59 bits per heavy atom. The van der Waals surface area contributed by atoms with Crippen LogP contribution in [0.5, 0.6) is 0 Å². The minimum atomic E-state index is -3.52. The third kappa shape index (κ3) is 4.44. The van der Waals surface area contributed by atoms with Crippen LogP contribution in [0.1, 0.15) is 28.0 Å². The molecule has 0 aliphatic carbocycles. The largest absolute Gasteiger partial charge is 0.351 e. The molecule has 1 amide bonds. The molecule has 170 valence electrons. The van der Waals surface area contributed by atoms with Gasteiger partial charge < -0.3 is 9.88 Å². The van der Waals surface area contributed by atoms with E-state index in [-0.39, 0.29) is 10.8 Å². The van der Waals surface area contributed by atoms with E-state index in [0.29, 0.717) is 12.2 Å². The summed E-state index contributed by atoms with van der Waals surface area (Å²) in [7, 11) is 1.31. The standard InChI is InChI=1S/C24H30N4O3S/c1-26(2)32(30,31)21-9-10-22-20(15-21)16-23(27(22)3)24(29)25-12-6-13-28-14-11-18-7-4-5-8-19(18)17-28/h4-5,7-10,15-16H,6,11-14,17H2,1-3H3,(H,25,29). The number of carbonyl (C=O) groups is 1. The molecular formula is C24H30N4O3S. The Morgan fingerprint density at radius 1 is 1.09 bits per heavy atom. The third-order valence-corrected chi connectivity index (χ3v) is 7.98. The molecule has 32 heavy (non-hydrogen) atoms. The molecule has 1 aromatic heterocycles. The van der Waals surface area contributed by atoms with E-state index in [1.807, 2.05) is 7.05 Å². The minimum Gasteiger partial charge on any atom is -0.351 e. The van der Waals surface area contributed by atoms with Gasteiger partial charge in [0.1, 0.15) is 5.69 Å². The molecule has 0 unspecified atom stereocenters. The van der Waals surface area contributed by atoms with Crippen LogP contribution >= 0.6 is 0 Å². The number of benzene rings is 2. The molecule has 2 heterocycles. The molecule has 2 aromatic carbocycles. The zero-order chi connectivity index (χ0) is 22.9. The molecule has 0 saturated heterocycles. The van der Waals surface area contributed by atoms with Crippen molar-refractivity contribution in [1.82, 2.24) is 19.1 Å². The van der Waals surface area contributed by atoms with Gasteiger partial charge in [-0.2, -0.15) is 0 Å². The number of rotatable bonds is 7. The lowest BCUT2D eigenvalue weighted by Gasteiger charge is -2.28. The first-order valence-corrected chi connectivity index (χ1v) is 12.3. The van der Waals surface area contributed by atoms with Crippen LogP contribution in [0, 0.1) is 0 Å². The van der Waals surface area contributed by atoms with Crippen LogP contribution in [-0.2, 0) is 30.0 Å². The van der Waals surface area contributed by atoms with Crippen LogP contribution in [0.2, 0.25) is 0 Å². The van der Waals surface area contributed by atoms with Crippen LogP contribution < -0.4 is 5.32 Å². The highest BCUT2D eigenvalue weighted by atomic mass is 32.2. The van der Waals surface area contributed by atoms with E-state index in [1.54, 1.807) is 28.8 Å². The van der Waals surface area contributed by atoms with Gasteiger partial charge >= 0.3 is 0 Å². The summed E-state index contributed by atoms with van der Waals surface area (Å²) in [5, 5.41) is 3.74. The van der Waals surface area contributed by atoms with Gasteiger partial charge in [0.2, 0.25) is 10.0 Å². The summed E-state index contributed by atoms with van der Waals surface area (Å²) in [5.74, 6) is -0.148. The molecule has 0 saturated carbocycles. The van der Waals surface area contributed by atoms with Gasteiger partial charge in [-0.05, 0) is 48.2 Å². The molecule has 0 radical (unpaired) electrons. The number of hydrogen-bond donors (Lipinski definition) is 1. The highest BCUT2D eigenvalue weighted by Crippen LogP contribution is 2.24. The lowest BCUT2D eigenvalue weighted by molar-refractivity contribution is 0.0943. The molecule has 0 fully saturated rings. The summed E-state index contributed by atoms with van der Waals surface area (Å²) in [6, 6.07) is 15.3. The number of aryl methyl sites for hydroxylation is 1. The second-order valence-electron chi connectivity index (χ2n) is 8.50. The molecule has 1 aliphatic heterocycles. The summed E-state index contributed by atoms with van der Waals surface area (Å²) >= 11 is 0. The van der Waals surface area contributed by atoms with Gasteiger partial charge in [-0.1, -0.05) is 24.3 Å². The Bertz CT molecular complexity index is 1250. The SMILES string of the molecule is CN(C)S(=O)(=O)c1ccc2c(c1)cc(C(=O)NCCCN1CCc3ccccc3C1)n2C. The number of amides is 1. The van der Waals surface area contributed by atoms with Gasteiger partial charge in [0, 0.05) is 58.2 Å². The van der Waals surface area contributed by atoms with Crippen molar-refractivity contribution >= 4 is 26.8 Å². The maximum Gasteiger partial charge on any atom is 0.267 e. The molecular weight excluding hydrogens is 424 g/mol. The molecule has 0 spiro atoms. The van der Waals surface area contributed by atoms with Crippen LogP contribution in [0.15, 0.2) is 53.4 Å². The van der Waals surface area contributed by atoms with Crippen molar-refractivity contribution in [2.45, 2.75) is 24.3 Å². The first-order chi connectivity index (χ1) is 15.3. The van der Waals surface area contributed by atoms with Crippen molar-refractivity contribution in [3.05, 3.63) is 65.4 Å². The quantitative estimate of drug-likeness (QED) is 0.557. The Morgan fingerprint density at radius 2 is 1.84 bits per heavy atom. The van der Waals surface area contributed by atoms with E-state index in [2.05, 4.69) is 34.5 Å². The monoisotopic (exact) mass is 454 g/mol. The maximum atomic E-state index is 12.8. The number of sulfonamides is 1. The van der Waals surface area contributed by atoms with E-state index in [4.69, 9.17) is 0 Å². The fourth-order valence-electron chi connectivity index (χ4n) is 4.26. The van der Waals surface area contributed by atoms with Crippen molar-refractivity contribution in [2.24, 2.45) is 7.05 Å². The van der Waals surface area contributed by atoms with Crippen molar-refractivity contribution in [1.29, 1.82) is 0 Å². The Balaban J connectivity index is 1.36. The minimum absolute atomic E-state index is 0.148. The first-order valence-electron chi connectivity index (χ1n) is 10.9. The number of nitrogens with zero attached hydrogens (tertiary/aromatic N) is 3. The summed E-state index contributed by atoms with van der Waals surface area (Å²) in [6.45, 7) is 3.55. The number of nitrogens with one attached hydrogen (secondary N) is 1. The van der Waals surface area contributed by atoms with Gasteiger partial charge in [0.25, 0.3) is 5.91 Å². The molecule has 0 atom stereocenters. The fourth-order valence-corrected chi connectivity index (χ4v) is 5.19. The lowest BCUT2D eigenvalue weighted by Crippen LogP contribution is -2.34. The van der Waals surface area contributed by atoms with Gasteiger partial charge in [-0.25, -0.2) is 12.7 Å². The van der Waals surface area contributed by atoms with Gasteiger partial charge in [-0.15, -0.1) is 0 Å². The molecule has 0 bridgehead atoms. The average Bonchev–Trinajstić information content (AvgIpc) is 3.12. The topological polar surface area (TPSA) is 74.7 Å². The van der Waals surface area contributed by atoms with E-state index in [1.165, 1.54) is 29.5 Å². The first kappa shape index (κ1) is 22.5. The predicted molar refractivity (Wildman–Crippen MR) is 126 cm³/mol. The maximum absolute atomic E-state index is 12.8. The predicted octanol–water partition coefficient (Wildman–Crippen LogP) is 2.61. The Hall–Kier alpha value is -2.68. The number of hydrogen-bond acceptors (Lipinski definition) is 4. The smallest absolute Gasteiger partial charge is 0.267 e. The van der Waals surface area contributed by atoms with E-state index < -0.39 is 10.0 Å². The van der Waals surface area contributed by atoms with Crippen LogP contribution in [-0.4, -0.2) is 61.8 Å². The van der Waals surface area contributed by atoms with Crippen LogP contribution in [0.25, 0.3) is 10.9 Å².